The molecule has 5 rings (SSSR count). The Kier molecular flexibility index (Phi) is 6.48. The van der Waals surface area contributed by atoms with Crippen molar-refractivity contribution in [3.63, 3.8) is 0 Å². The van der Waals surface area contributed by atoms with Crippen LogP contribution in [0.1, 0.15) is 48.2 Å². The summed E-state index contributed by atoms with van der Waals surface area (Å²) in [4.78, 5) is 18.7. The van der Waals surface area contributed by atoms with Crippen LogP contribution >= 0.6 is 22.9 Å². The second kappa shape index (κ2) is 9.54. The van der Waals surface area contributed by atoms with Crippen molar-refractivity contribution in [3.05, 3.63) is 69.7 Å². The normalized spacial score (nSPS) is 17.3. The highest BCUT2D eigenvalue weighted by Gasteiger charge is 2.52. The van der Waals surface area contributed by atoms with E-state index in [9.17, 15) is 9.90 Å². The maximum atomic E-state index is 13.3. The number of benzene rings is 2. The Bertz CT molecular complexity index is 1190. The third kappa shape index (κ3) is 4.38. The van der Waals surface area contributed by atoms with Crippen LogP contribution in [-0.2, 0) is 10.2 Å². The average molecular weight is 500 g/mol. The maximum Gasteiger partial charge on any atom is 0.236 e. The fourth-order valence-electron chi connectivity index (χ4n) is 4.23. The Hall–Kier alpha value is -2.65. The molecule has 2 unspecified atom stereocenters. The number of aromatic nitrogens is 1. The number of hydrogen-bond acceptors (Lipinski definition) is 7. The summed E-state index contributed by atoms with van der Waals surface area (Å²) in [6, 6.07) is 13.0. The smallest absolute Gasteiger partial charge is 0.236 e. The lowest BCUT2D eigenvalue weighted by Gasteiger charge is -2.24. The molecule has 1 amide bonds. The van der Waals surface area contributed by atoms with E-state index in [0.717, 1.165) is 35.3 Å². The molecule has 2 aromatic carbocycles. The van der Waals surface area contributed by atoms with Gasteiger partial charge in [0, 0.05) is 22.1 Å². The molecule has 1 aliphatic heterocycles. The van der Waals surface area contributed by atoms with Crippen molar-refractivity contribution in [2.75, 3.05) is 18.7 Å². The Balaban J connectivity index is 1.37. The van der Waals surface area contributed by atoms with Crippen molar-refractivity contribution in [2.24, 2.45) is 0 Å². The van der Waals surface area contributed by atoms with E-state index >= 15 is 0 Å². The molecule has 3 aromatic rings. The van der Waals surface area contributed by atoms with Crippen LogP contribution in [0.15, 0.2) is 48.7 Å². The number of carbonyl (C=O) groups excluding carboxylic acids is 1. The fourth-order valence-corrected chi connectivity index (χ4v) is 5.37. The number of rotatable bonds is 9. The Morgan fingerprint density at radius 1 is 1.24 bits per heavy atom. The predicted molar refractivity (Wildman–Crippen MR) is 132 cm³/mol. The molecular weight excluding hydrogens is 474 g/mol. The van der Waals surface area contributed by atoms with Crippen molar-refractivity contribution < 1.29 is 19.4 Å². The zero-order valence-electron chi connectivity index (χ0n) is 18.7. The highest BCUT2D eigenvalue weighted by Crippen LogP contribution is 2.51. The van der Waals surface area contributed by atoms with Crippen molar-refractivity contribution in [1.82, 2.24) is 10.3 Å². The van der Waals surface area contributed by atoms with Crippen LogP contribution in [0.25, 0.3) is 0 Å². The van der Waals surface area contributed by atoms with Crippen LogP contribution in [0.4, 0.5) is 5.13 Å². The van der Waals surface area contributed by atoms with Gasteiger partial charge in [-0.05, 0) is 48.6 Å². The van der Waals surface area contributed by atoms with Crippen LogP contribution in [-0.4, -0.2) is 35.4 Å². The van der Waals surface area contributed by atoms with E-state index in [4.69, 9.17) is 21.1 Å². The van der Waals surface area contributed by atoms with Gasteiger partial charge in [0.05, 0.1) is 18.1 Å². The molecule has 1 fully saturated rings. The van der Waals surface area contributed by atoms with Gasteiger partial charge in [-0.15, -0.1) is 0 Å². The number of thiazole rings is 1. The van der Waals surface area contributed by atoms with Crippen molar-refractivity contribution in [1.29, 1.82) is 0 Å². The van der Waals surface area contributed by atoms with Crippen molar-refractivity contribution in [3.8, 4) is 11.5 Å². The lowest BCUT2D eigenvalue weighted by molar-refractivity contribution is -0.118. The number of aliphatic hydroxyl groups excluding tert-OH is 1. The Morgan fingerprint density at radius 3 is 2.76 bits per heavy atom. The summed E-state index contributed by atoms with van der Waals surface area (Å²) in [5, 5.41) is 17.4. The van der Waals surface area contributed by atoms with Crippen LogP contribution in [0.5, 0.6) is 11.5 Å². The first-order chi connectivity index (χ1) is 16.5. The summed E-state index contributed by atoms with van der Waals surface area (Å²) in [5.41, 5.74) is 1.25. The topological polar surface area (TPSA) is 92.7 Å². The third-order valence-electron chi connectivity index (χ3n) is 6.47. The van der Waals surface area contributed by atoms with Crippen LogP contribution in [0.3, 0.4) is 0 Å². The van der Waals surface area contributed by atoms with E-state index in [1.165, 1.54) is 11.3 Å². The number of fused-ring (bicyclic) bond motifs is 1. The lowest BCUT2D eigenvalue weighted by atomic mass is 9.94. The largest absolute Gasteiger partial charge is 0.454 e. The molecule has 1 aromatic heterocycles. The molecule has 2 heterocycles. The number of halogens is 1. The molecule has 34 heavy (non-hydrogen) atoms. The van der Waals surface area contributed by atoms with E-state index in [1.807, 2.05) is 49.4 Å². The van der Waals surface area contributed by atoms with Gasteiger partial charge < -0.3 is 25.2 Å². The summed E-state index contributed by atoms with van der Waals surface area (Å²) in [5.74, 6) is 1.31. The molecule has 2 aliphatic rings. The first-order valence-corrected chi connectivity index (χ1v) is 12.5. The first-order valence-electron chi connectivity index (χ1n) is 11.3. The van der Waals surface area contributed by atoms with Gasteiger partial charge in [-0.25, -0.2) is 4.98 Å². The van der Waals surface area contributed by atoms with Gasteiger partial charge in [0.25, 0.3) is 0 Å². The number of nitrogens with zero attached hydrogens (tertiary/aromatic N) is 1. The molecular formula is C25H26ClN3O4S. The molecule has 1 saturated carbocycles. The van der Waals surface area contributed by atoms with Gasteiger partial charge in [-0.1, -0.05) is 54.1 Å². The van der Waals surface area contributed by atoms with E-state index in [2.05, 4.69) is 15.6 Å². The number of ether oxygens (including phenoxy) is 2. The molecule has 3 N–H and O–H groups in total. The summed E-state index contributed by atoms with van der Waals surface area (Å²) in [7, 11) is 0. The molecule has 1 aliphatic carbocycles. The van der Waals surface area contributed by atoms with Gasteiger partial charge in [0.1, 0.15) is 0 Å². The average Bonchev–Trinajstić information content (AvgIpc) is 3.31. The van der Waals surface area contributed by atoms with Gasteiger partial charge in [0.2, 0.25) is 12.7 Å². The van der Waals surface area contributed by atoms with E-state index in [-0.39, 0.29) is 31.4 Å². The minimum atomic E-state index is -0.572. The summed E-state index contributed by atoms with van der Waals surface area (Å²) in [6.07, 6.45) is 4.06. The molecule has 0 radical (unpaired) electrons. The van der Waals surface area contributed by atoms with Crippen molar-refractivity contribution >= 4 is 34.0 Å². The quantitative estimate of drug-likeness (QED) is 0.397. The summed E-state index contributed by atoms with van der Waals surface area (Å²) >= 11 is 7.90. The molecule has 0 bridgehead atoms. The number of nitrogens with one attached hydrogen (secondary N) is 2. The maximum absolute atomic E-state index is 13.3. The molecule has 7 nitrogen and oxygen atoms in total. The van der Waals surface area contributed by atoms with Crippen molar-refractivity contribution in [2.45, 2.75) is 43.7 Å². The minimum Gasteiger partial charge on any atom is -0.454 e. The van der Waals surface area contributed by atoms with E-state index < -0.39 is 5.41 Å². The van der Waals surface area contributed by atoms with Crippen LogP contribution < -0.4 is 20.1 Å². The molecule has 178 valence electrons. The fraction of sp³-hybridized carbons (Fsp3) is 0.360. The number of anilines is 1. The number of amides is 1. The zero-order valence-corrected chi connectivity index (χ0v) is 20.3. The Morgan fingerprint density at radius 2 is 2.03 bits per heavy atom. The molecule has 2 atom stereocenters. The second-order valence-corrected chi connectivity index (χ2v) is 10.1. The number of carbonyl (C=O) groups is 1. The lowest BCUT2D eigenvalue weighted by Crippen LogP contribution is -2.35. The van der Waals surface area contributed by atoms with E-state index in [0.29, 0.717) is 21.7 Å². The second-order valence-electron chi connectivity index (χ2n) is 8.58. The highest BCUT2D eigenvalue weighted by atomic mass is 35.5. The minimum absolute atomic E-state index is 0.0118. The number of aliphatic hydroxyl groups is 1. The number of hydrogen-bond donors (Lipinski definition) is 3. The van der Waals surface area contributed by atoms with Gasteiger partial charge in [-0.2, -0.15) is 0 Å². The van der Waals surface area contributed by atoms with Crippen LogP contribution in [0, 0.1) is 0 Å². The first kappa shape index (κ1) is 23.1. The van der Waals surface area contributed by atoms with Crippen LogP contribution in [0.2, 0.25) is 5.02 Å². The highest BCUT2D eigenvalue weighted by molar-refractivity contribution is 7.15. The van der Waals surface area contributed by atoms with E-state index in [1.54, 1.807) is 6.20 Å². The zero-order chi connectivity index (χ0) is 23.7. The van der Waals surface area contributed by atoms with Gasteiger partial charge in [-0.3, -0.25) is 4.79 Å². The Labute approximate surface area is 207 Å². The third-order valence-corrected chi connectivity index (χ3v) is 7.79. The van der Waals surface area contributed by atoms with Gasteiger partial charge >= 0.3 is 0 Å². The monoisotopic (exact) mass is 499 g/mol. The molecule has 0 spiro atoms. The molecule has 0 saturated heterocycles. The predicted octanol–water partition coefficient (Wildman–Crippen LogP) is 4.65. The summed E-state index contributed by atoms with van der Waals surface area (Å²) < 4.78 is 10.9. The van der Waals surface area contributed by atoms with Gasteiger partial charge in [0.15, 0.2) is 16.6 Å². The summed E-state index contributed by atoms with van der Waals surface area (Å²) in [6.45, 7) is 2.23. The SMILES string of the molecule is CCC(CO)NC(c1cnc(NC(=O)C2(c3ccc4c(c3)OCO4)CC2)s1)c1ccccc1Cl. The molecule has 9 heteroatoms. The standard InChI is InChI=1S/C25H26ClN3O4S/c1-2-16(13-30)28-22(17-5-3-4-6-18(17)26)21-12-27-24(34-21)29-23(31)25(9-10-25)15-7-8-19-20(11-15)33-14-32-19/h3-8,11-12,16,22,28,30H,2,9-10,13-14H2,1H3,(H,27,29,31).